The molecule has 11 heavy (non-hydrogen) atoms. The normalized spacial score (nSPS) is 14.9. The summed E-state index contributed by atoms with van der Waals surface area (Å²) in [5.74, 6) is -3.65. The molecule has 5 nitrogen and oxygen atoms in total. The lowest BCUT2D eigenvalue weighted by atomic mass is 10.2. The second-order valence-electron chi connectivity index (χ2n) is 2.13. The second-order valence-corrected chi connectivity index (χ2v) is 2.13. The summed E-state index contributed by atoms with van der Waals surface area (Å²) in [6, 6.07) is 0. The molecule has 7 heteroatoms. The number of aliphatic hydroxyl groups is 1. The van der Waals surface area contributed by atoms with Crippen LogP contribution >= 0.6 is 0 Å². The van der Waals surface area contributed by atoms with Crippen LogP contribution in [0.1, 0.15) is 18.9 Å². The molecule has 0 saturated carbocycles. The van der Waals surface area contributed by atoms with E-state index in [0.717, 1.165) is 0 Å². The van der Waals surface area contributed by atoms with Crippen molar-refractivity contribution in [3.05, 3.63) is 5.82 Å². The highest BCUT2D eigenvalue weighted by Crippen LogP contribution is 2.27. The molecule has 0 radical (unpaired) electrons. The smallest absolute Gasteiger partial charge is 0.278 e. The molecule has 2 N–H and O–H groups in total. The zero-order valence-electron chi connectivity index (χ0n) is 5.62. The van der Waals surface area contributed by atoms with Gasteiger partial charge in [-0.05, 0) is 0 Å². The Hall–Kier alpha value is -1.11. The first-order valence-corrected chi connectivity index (χ1v) is 2.81. The number of aromatic amines is 1. The molecule has 1 unspecified atom stereocenters. The van der Waals surface area contributed by atoms with Gasteiger partial charge < -0.3 is 5.11 Å². The van der Waals surface area contributed by atoms with Crippen LogP contribution in [0.2, 0.25) is 0 Å². The number of tetrazole rings is 1. The van der Waals surface area contributed by atoms with Gasteiger partial charge in [0.1, 0.15) is 0 Å². The number of nitrogens with zero attached hydrogens (tertiary/aromatic N) is 3. The number of hydrogen-bond acceptors (Lipinski definition) is 4. The summed E-state index contributed by atoms with van der Waals surface area (Å²) in [7, 11) is 0. The number of aliphatic hydroxyl groups excluding tert-OH is 1. The molecule has 0 fully saturated rings. The van der Waals surface area contributed by atoms with Gasteiger partial charge in [-0.1, -0.05) is 5.21 Å². The lowest BCUT2D eigenvalue weighted by molar-refractivity contribution is -0.0991. The summed E-state index contributed by atoms with van der Waals surface area (Å²) in [6.07, 6.45) is -2.00. The largest absolute Gasteiger partial charge is 0.379 e. The van der Waals surface area contributed by atoms with Crippen LogP contribution in [0.3, 0.4) is 0 Å². The number of nitrogens with one attached hydrogen (secondary N) is 1. The van der Waals surface area contributed by atoms with Crippen molar-refractivity contribution in [3.63, 3.8) is 0 Å². The molecule has 0 spiro atoms. The molecule has 0 aliphatic carbocycles. The highest BCUT2D eigenvalue weighted by molar-refractivity contribution is 4.89. The number of H-pyrrole nitrogens is 1. The fraction of sp³-hybridized carbons (Fsp3) is 0.750. The van der Waals surface area contributed by atoms with Gasteiger partial charge in [0.2, 0.25) is 5.82 Å². The SMILES string of the molecule is CC(F)(F)C(O)c1nn[nH]n1. The van der Waals surface area contributed by atoms with E-state index >= 15 is 0 Å². The minimum Gasteiger partial charge on any atom is -0.379 e. The van der Waals surface area contributed by atoms with E-state index in [1.807, 2.05) is 5.21 Å². The highest BCUT2D eigenvalue weighted by atomic mass is 19.3. The van der Waals surface area contributed by atoms with Gasteiger partial charge in [0.05, 0.1) is 0 Å². The van der Waals surface area contributed by atoms with Crippen LogP contribution in [0.15, 0.2) is 0 Å². The van der Waals surface area contributed by atoms with Gasteiger partial charge in [-0.2, -0.15) is 5.21 Å². The van der Waals surface area contributed by atoms with Crippen molar-refractivity contribution in [2.24, 2.45) is 0 Å². The molecular formula is C4H6F2N4O. The molecule has 0 aliphatic heterocycles. The van der Waals surface area contributed by atoms with Crippen LogP contribution in [0.5, 0.6) is 0 Å². The van der Waals surface area contributed by atoms with Crippen molar-refractivity contribution < 1.29 is 13.9 Å². The number of aromatic nitrogens is 4. The molecule has 1 heterocycles. The van der Waals surface area contributed by atoms with Gasteiger partial charge in [-0.3, -0.25) is 0 Å². The molecule has 0 saturated heterocycles. The van der Waals surface area contributed by atoms with Crippen LogP contribution < -0.4 is 0 Å². The van der Waals surface area contributed by atoms with Crippen LogP contribution in [0.4, 0.5) is 8.78 Å². The zero-order chi connectivity index (χ0) is 8.48. The summed E-state index contributed by atoms with van der Waals surface area (Å²) in [6.45, 7) is 0.577. The van der Waals surface area contributed by atoms with Gasteiger partial charge in [-0.15, -0.1) is 10.2 Å². The molecule has 0 aromatic carbocycles. The Kier molecular flexibility index (Phi) is 1.81. The van der Waals surface area contributed by atoms with Gasteiger partial charge in [0.15, 0.2) is 6.10 Å². The van der Waals surface area contributed by atoms with Crippen molar-refractivity contribution in [1.82, 2.24) is 20.6 Å². The molecule has 1 rings (SSSR count). The van der Waals surface area contributed by atoms with E-state index < -0.39 is 17.9 Å². The molecule has 1 aromatic heterocycles. The Morgan fingerprint density at radius 2 is 2.27 bits per heavy atom. The summed E-state index contributed by atoms with van der Waals surface area (Å²) < 4.78 is 24.6. The van der Waals surface area contributed by atoms with E-state index in [1.54, 1.807) is 0 Å². The maximum absolute atomic E-state index is 12.3. The Morgan fingerprint density at radius 3 is 2.64 bits per heavy atom. The van der Waals surface area contributed by atoms with Gasteiger partial charge in [0, 0.05) is 6.92 Å². The molecule has 0 bridgehead atoms. The number of rotatable bonds is 2. The van der Waals surface area contributed by atoms with Gasteiger partial charge in [-0.25, -0.2) is 8.78 Å². The third-order valence-corrected chi connectivity index (χ3v) is 1.09. The van der Waals surface area contributed by atoms with Crippen LogP contribution in [-0.4, -0.2) is 31.7 Å². The highest BCUT2D eigenvalue weighted by Gasteiger charge is 2.36. The number of alkyl halides is 2. The van der Waals surface area contributed by atoms with E-state index in [-0.39, 0.29) is 0 Å². The van der Waals surface area contributed by atoms with Crippen molar-refractivity contribution in [3.8, 4) is 0 Å². The van der Waals surface area contributed by atoms with E-state index in [9.17, 15) is 8.78 Å². The summed E-state index contributed by atoms with van der Waals surface area (Å²) in [5, 5.41) is 20.2. The van der Waals surface area contributed by atoms with Crippen LogP contribution in [0, 0.1) is 0 Å². The van der Waals surface area contributed by atoms with E-state index in [0.29, 0.717) is 6.92 Å². The Bertz CT molecular complexity index is 218. The molecule has 62 valence electrons. The predicted molar refractivity (Wildman–Crippen MR) is 29.8 cm³/mol. The lowest BCUT2D eigenvalue weighted by Gasteiger charge is -2.13. The summed E-state index contributed by atoms with van der Waals surface area (Å²) in [5.41, 5.74) is 0. The quantitative estimate of drug-likeness (QED) is 0.639. The first-order chi connectivity index (χ1) is 5.02. The summed E-state index contributed by atoms with van der Waals surface area (Å²) >= 11 is 0. The lowest BCUT2D eigenvalue weighted by Crippen LogP contribution is -2.22. The average molecular weight is 164 g/mol. The number of halogens is 2. The standard InChI is InChI=1S/C4H6F2N4O/c1-4(5,6)2(11)3-7-9-10-8-3/h2,11H,1H3,(H,7,8,9,10). The van der Waals surface area contributed by atoms with Gasteiger partial charge >= 0.3 is 0 Å². The third-order valence-electron chi connectivity index (χ3n) is 1.09. The maximum atomic E-state index is 12.3. The Balaban J connectivity index is 2.78. The van der Waals surface area contributed by atoms with E-state index in [4.69, 9.17) is 5.11 Å². The zero-order valence-corrected chi connectivity index (χ0v) is 5.62. The third kappa shape index (κ3) is 1.67. The summed E-state index contributed by atoms with van der Waals surface area (Å²) in [4.78, 5) is 0. The first-order valence-electron chi connectivity index (χ1n) is 2.81. The van der Waals surface area contributed by atoms with Crippen molar-refractivity contribution in [2.75, 3.05) is 0 Å². The van der Waals surface area contributed by atoms with E-state index in [1.165, 1.54) is 0 Å². The minimum atomic E-state index is -3.25. The molecule has 0 aliphatic rings. The Labute approximate surface area is 60.4 Å². The second kappa shape index (κ2) is 2.50. The predicted octanol–water partition coefficient (Wildman–Crippen LogP) is -0.112. The maximum Gasteiger partial charge on any atom is 0.278 e. The van der Waals surface area contributed by atoms with Crippen LogP contribution in [0.25, 0.3) is 0 Å². The minimum absolute atomic E-state index is 0.405. The molecular weight excluding hydrogens is 158 g/mol. The van der Waals surface area contributed by atoms with Crippen LogP contribution in [-0.2, 0) is 0 Å². The fourth-order valence-electron chi connectivity index (χ4n) is 0.512. The number of hydrogen-bond donors (Lipinski definition) is 2. The Morgan fingerprint density at radius 1 is 1.64 bits per heavy atom. The molecule has 0 amide bonds. The van der Waals surface area contributed by atoms with Crippen molar-refractivity contribution in [2.45, 2.75) is 19.0 Å². The first kappa shape index (κ1) is 7.99. The van der Waals surface area contributed by atoms with Crippen molar-refractivity contribution in [1.29, 1.82) is 0 Å². The average Bonchev–Trinajstić information content (AvgIpc) is 2.34. The fourth-order valence-corrected chi connectivity index (χ4v) is 0.512. The monoisotopic (exact) mass is 164 g/mol. The topological polar surface area (TPSA) is 74.7 Å². The van der Waals surface area contributed by atoms with Gasteiger partial charge in [0.25, 0.3) is 5.92 Å². The molecule has 1 aromatic rings. The van der Waals surface area contributed by atoms with E-state index in [2.05, 4.69) is 15.4 Å². The van der Waals surface area contributed by atoms with Crippen molar-refractivity contribution >= 4 is 0 Å². The molecule has 1 atom stereocenters.